The molecular formula is C4H8ClF3Si. The molecule has 0 rings (SSSR count). The molecule has 56 valence electrons. The van der Waals surface area contributed by atoms with Crippen molar-refractivity contribution in [2.75, 3.05) is 0 Å². The summed E-state index contributed by atoms with van der Waals surface area (Å²) in [7, 11) is -1.13. The highest BCUT2D eigenvalue weighted by atomic mass is 35.6. The lowest BCUT2D eigenvalue weighted by Gasteiger charge is -2.10. The molecule has 0 amide bonds. The van der Waals surface area contributed by atoms with Gasteiger partial charge in [-0.05, 0) is 5.54 Å². The van der Waals surface area contributed by atoms with Crippen molar-refractivity contribution in [3.05, 3.63) is 0 Å². The predicted octanol–water partition coefficient (Wildman–Crippen LogP) is 1.72. The molecule has 0 aromatic heterocycles. The number of hydrogen-bond donors (Lipinski definition) is 0. The van der Waals surface area contributed by atoms with Crippen LogP contribution in [0.5, 0.6) is 0 Å². The summed E-state index contributed by atoms with van der Waals surface area (Å²) in [5, 5.41) is 0. The Kier molecular flexibility index (Phi) is 4.30. The van der Waals surface area contributed by atoms with Gasteiger partial charge in [-0.2, -0.15) is 11.1 Å². The zero-order valence-corrected chi connectivity index (χ0v) is 7.12. The molecule has 2 atom stereocenters. The lowest BCUT2D eigenvalue weighted by atomic mass is 10.3. The molecule has 0 aliphatic heterocycles. The summed E-state index contributed by atoms with van der Waals surface area (Å²) >= 11 is 5.26. The Labute approximate surface area is 58.9 Å². The number of halogens is 4. The molecule has 9 heavy (non-hydrogen) atoms. The van der Waals surface area contributed by atoms with E-state index in [2.05, 4.69) is 0 Å². The molecular weight excluding hydrogens is 169 g/mol. The van der Waals surface area contributed by atoms with Crippen LogP contribution in [0.1, 0.15) is 6.92 Å². The van der Waals surface area contributed by atoms with Gasteiger partial charge in [0, 0.05) is 0 Å². The van der Waals surface area contributed by atoms with Crippen molar-refractivity contribution in [1.29, 1.82) is 0 Å². The second-order valence-electron chi connectivity index (χ2n) is 1.91. The summed E-state index contributed by atoms with van der Waals surface area (Å²) in [6, 6.07) is 0. The molecule has 0 radical (unpaired) electrons. The van der Waals surface area contributed by atoms with Crippen LogP contribution in [0.3, 0.4) is 0 Å². The van der Waals surface area contributed by atoms with Crippen molar-refractivity contribution < 1.29 is 13.2 Å². The highest BCUT2D eigenvalue weighted by Crippen LogP contribution is 2.19. The summed E-state index contributed by atoms with van der Waals surface area (Å²) in [5.74, 6) is 0. The number of alkyl halides is 3. The first-order valence-corrected chi connectivity index (χ1v) is 5.53. The Balaban J connectivity index is 3.58. The molecule has 0 fully saturated rings. The Morgan fingerprint density at radius 2 is 1.78 bits per heavy atom. The van der Waals surface area contributed by atoms with Crippen LogP contribution >= 0.6 is 11.1 Å². The van der Waals surface area contributed by atoms with Crippen molar-refractivity contribution in [1.82, 2.24) is 0 Å². The van der Waals surface area contributed by atoms with Crippen molar-refractivity contribution in [2.45, 2.75) is 25.1 Å². The molecule has 0 aliphatic rings. The van der Waals surface area contributed by atoms with E-state index in [9.17, 15) is 13.2 Å². The third kappa shape index (κ3) is 3.10. The molecule has 0 spiro atoms. The van der Waals surface area contributed by atoms with Crippen LogP contribution in [0.15, 0.2) is 0 Å². The van der Waals surface area contributed by atoms with Crippen molar-refractivity contribution in [3.8, 4) is 0 Å². The summed E-state index contributed by atoms with van der Waals surface area (Å²) in [5.41, 5.74) is -0.619. The second-order valence-corrected chi connectivity index (χ2v) is 4.43. The van der Waals surface area contributed by atoms with Crippen LogP contribution in [0.4, 0.5) is 13.2 Å². The highest BCUT2D eigenvalue weighted by Gasteiger charge is 2.25. The van der Waals surface area contributed by atoms with Crippen LogP contribution in [0.2, 0.25) is 5.54 Å². The third-order valence-corrected chi connectivity index (χ3v) is 3.43. The van der Waals surface area contributed by atoms with E-state index in [4.69, 9.17) is 11.1 Å². The monoisotopic (exact) mass is 176 g/mol. The molecule has 0 saturated heterocycles. The largest absolute Gasteiger partial charge is 0.269 e. The van der Waals surface area contributed by atoms with E-state index in [1.165, 1.54) is 6.92 Å². The van der Waals surface area contributed by atoms with Crippen LogP contribution in [-0.2, 0) is 0 Å². The Morgan fingerprint density at radius 1 is 1.33 bits per heavy atom. The van der Waals surface area contributed by atoms with E-state index in [-0.39, 0.29) is 0 Å². The lowest BCUT2D eigenvalue weighted by Crippen LogP contribution is -2.19. The fourth-order valence-corrected chi connectivity index (χ4v) is 1.22. The molecule has 0 saturated carbocycles. The Bertz CT molecular complexity index is 80.2. The predicted molar refractivity (Wildman–Crippen MR) is 34.7 cm³/mol. The van der Waals surface area contributed by atoms with Crippen molar-refractivity contribution in [2.24, 2.45) is 0 Å². The minimum absolute atomic E-state index is 0.619. The maximum Gasteiger partial charge on any atom is 0.269 e. The van der Waals surface area contributed by atoms with Gasteiger partial charge in [-0.15, -0.1) is 0 Å². The Morgan fingerprint density at radius 3 is 1.89 bits per heavy atom. The SMILES string of the molecule is CC([SiH2]Cl)C(F)C(F)F. The molecule has 0 bridgehead atoms. The smallest absolute Gasteiger partial charge is 0.241 e. The van der Waals surface area contributed by atoms with Crippen molar-refractivity contribution >= 4 is 19.9 Å². The van der Waals surface area contributed by atoms with Gasteiger partial charge >= 0.3 is 0 Å². The summed E-state index contributed by atoms with van der Waals surface area (Å²) in [6.45, 7) is 1.41. The van der Waals surface area contributed by atoms with Gasteiger partial charge in [0.25, 0.3) is 6.43 Å². The normalized spacial score (nSPS) is 19.3. The van der Waals surface area contributed by atoms with E-state index in [1.54, 1.807) is 0 Å². The maximum atomic E-state index is 12.1. The molecule has 2 unspecified atom stereocenters. The summed E-state index contributed by atoms with van der Waals surface area (Å²) < 4.78 is 35.0. The molecule has 0 aromatic rings. The fraction of sp³-hybridized carbons (Fsp3) is 1.00. The third-order valence-electron chi connectivity index (χ3n) is 1.03. The van der Waals surface area contributed by atoms with Gasteiger partial charge in [0.1, 0.15) is 8.83 Å². The first-order chi connectivity index (χ1) is 4.09. The van der Waals surface area contributed by atoms with Gasteiger partial charge < -0.3 is 0 Å². The molecule has 5 heteroatoms. The topological polar surface area (TPSA) is 0 Å². The zero-order chi connectivity index (χ0) is 7.44. The zero-order valence-electron chi connectivity index (χ0n) is 4.95. The van der Waals surface area contributed by atoms with Gasteiger partial charge in [0.15, 0.2) is 6.17 Å². The van der Waals surface area contributed by atoms with E-state index in [0.29, 0.717) is 0 Å². The average Bonchev–Trinajstić information content (AvgIpc) is 1.84. The molecule has 0 aliphatic carbocycles. The standard InChI is InChI=1S/C4H8ClF3Si/c1-2(9-5)3(6)4(7)8/h2-4H,9H2,1H3. The maximum absolute atomic E-state index is 12.1. The van der Waals surface area contributed by atoms with Crippen LogP contribution in [0, 0.1) is 0 Å². The van der Waals surface area contributed by atoms with Crippen LogP contribution < -0.4 is 0 Å². The number of rotatable bonds is 3. The average molecular weight is 177 g/mol. The first-order valence-electron chi connectivity index (χ1n) is 2.57. The van der Waals surface area contributed by atoms with E-state index >= 15 is 0 Å². The fourth-order valence-electron chi connectivity index (χ4n) is 0.333. The number of hydrogen-bond acceptors (Lipinski definition) is 0. The van der Waals surface area contributed by atoms with Gasteiger partial charge in [0.2, 0.25) is 0 Å². The minimum atomic E-state index is -2.87. The van der Waals surface area contributed by atoms with Gasteiger partial charge in [0.05, 0.1) is 0 Å². The van der Waals surface area contributed by atoms with E-state index in [0.717, 1.165) is 0 Å². The van der Waals surface area contributed by atoms with Crippen LogP contribution in [-0.4, -0.2) is 21.4 Å². The Hall–Kier alpha value is 0.297. The first kappa shape index (κ1) is 9.30. The lowest BCUT2D eigenvalue weighted by molar-refractivity contribution is 0.0485. The van der Waals surface area contributed by atoms with Crippen molar-refractivity contribution in [3.63, 3.8) is 0 Å². The highest BCUT2D eigenvalue weighted by molar-refractivity contribution is 6.94. The quantitative estimate of drug-likeness (QED) is 0.454. The molecule has 0 heterocycles. The van der Waals surface area contributed by atoms with E-state index in [1.807, 2.05) is 0 Å². The van der Waals surface area contributed by atoms with Crippen LogP contribution in [0.25, 0.3) is 0 Å². The van der Waals surface area contributed by atoms with Gasteiger partial charge in [-0.3, -0.25) is 0 Å². The minimum Gasteiger partial charge on any atom is -0.241 e. The summed E-state index contributed by atoms with van der Waals surface area (Å²) in [4.78, 5) is 0. The molecule has 0 aromatic carbocycles. The second kappa shape index (κ2) is 4.17. The van der Waals surface area contributed by atoms with E-state index < -0.39 is 27.0 Å². The molecule has 0 nitrogen and oxygen atoms in total. The summed E-state index contributed by atoms with van der Waals surface area (Å²) in [6.07, 6.45) is -4.89. The van der Waals surface area contributed by atoms with Gasteiger partial charge in [-0.25, -0.2) is 13.2 Å². The van der Waals surface area contributed by atoms with Gasteiger partial charge in [-0.1, -0.05) is 6.92 Å². The molecule has 0 N–H and O–H groups in total.